The minimum Gasteiger partial charge on any atom is -0.368 e. The van der Waals surface area contributed by atoms with E-state index >= 15 is 0 Å². The second-order valence-electron chi connectivity index (χ2n) is 8.44. The van der Waals surface area contributed by atoms with Crippen molar-refractivity contribution in [1.82, 2.24) is 29.3 Å². The van der Waals surface area contributed by atoms with Crippen molar-refractivity contribution >= 4 is 47.7 Å². The van der Waals surface area contributed by atoms with Gasteiger partial charge in [0.1, 0.15) is 0 Å². The third-order valence-electron chi connectivity index (χ3n) is 6.68. The van der Waals surface area contributed by atoms with Crippen molar-refractivity contribution in [1.29, 1.82) is 0 Å². The van der Waals surface area contributed by atoms with Crippen molar-refractivity contribution in [3.63, 3.8) is 0 Å². The molecule has 0 unspecified atom stereocenters. The fourth-order valence-electron chi connectivity index (χ4n) is 5.01. The van der Waals surface area contributed by atoms with Crippen LogP contribution in [0.1, 0.15) is 42.1 Å². The predicted molar refractivity (Wildman–Crippen MR) is 132 cm³/mol. The first kappa shape index (κ1) is 25.0. The fourth-order valence-corrected chi connectivity index (χ4v) is 5.01. The van der Waals surface area contributed by atoms with Crippen LogP contribution in [0.3, 0.4) is 0 Å². The summed E-state index contributed by atoms with van der Waals surface area (Å²) in [6.45, 7) is 3.41. The summed E-state index contributed by atoms with van der Waals surface area (Å²) >= 11 is 0. The Hall–Kier alpha value is -2.62. The molecule has 33 heavy (non-hydrogen) atoms. The molecule has 9 nitrogen and oxygen atoms in total. The van der Waals surface area contributed by atoms with Gasteiger partial charge in [-0.15, -0.1) is 24.8 Å². The number of amides is 1. The number of carbonyl (C=O) groups excluding carboxylic acids is 1. The highest BCUT2D eigenvalue weighted by atomic mass is 35.5. The first-order valence-corrected chi connectivity index (χ1v) is 10.9. The Bertz CT molecular complexity index is 1130. The van der Waals surface area contributed by atoms with Crippen LogP contribution < -0.4 is 11.4 Å². The normalized spacial score (nSPS) is 18.0. The van der Waals surface area contributed by atoms with Crippen LogP contribution in [-0.2, 0) is 0 Å². The number of aromatic amines is 1. The van der Waals surface area contributed by atoms with E-state index in [0.717, 1.165) is 62.9 Å². The molecule has 2 aliphatic heterocycles. The Morgan fingerprint density at radius 3 is 2.21 bits per heavy atom. The van der Waals surface area contributed by atoms with Gasteiger partial charge in [0.15, 0.2) is 0 Å². The number of carbonyl (C=O) groups is 1. The summed E-state index contributed by atoms with van der Waals surface area (Å²) in [6.07, 6.45) is 6.83. The second kappa shape index (κ2) is 10.5. The number of hydrogen-bond donors (Lipinski definition) is 2. The maximum absolute atomic E-state index is 12.7. The van der Waals surface area contributed by atoms with Crippen LogP contribution in [0.15, 0.2) is 41.5 Å². The first-order valence-electron chi connectivity index (χ1n) is 10.9. The Morgan fingerprint density at radius 1 is 0.939 bits per heavy atom. The number of imidazole rings is 1. The van der Waals surface area contributed by atoms with Gasteiger partial charge in [-0.3, -0.25) is 9.36 Å². The molecule has 11 heteroatoms. The standard InChI is InChI=1S/C22H27N7O2.2ClH/c23-21-24-13-15(14-25-21)20(30)28-11-5-16(6-12-28)27-9-7-17(8-10-27)29-19-4-2-1-3-18(19)26-22(29)31;;/h1-4,13-14,16-17H,5-12H2,(H,26,31)(H2,23,24,25);2*1H. The maximum atomic E-state index is 12.7. The average molecular weight is 494 g/mol. The molecular formula is C22H29Cl2N7O2. The van der Waals surface area contributed by atoms with E-state index in [1.54, 1.807) is 0 Å². The molecule has 0 saturated carbocycles. The molecule has 178 valence electrons. The summed E-state index contributed by atoms with van der Waals surface area (Å²) in [7, 11) is 0. The number of piperidine rings is 2. The number of rotatable bonds is 3. The molecule has 3 aromatic rings. The molecule has 2 fully saturated rings. The van der Waals surface area contributed by atoms with Gasteiger partial charge >= 0.3 is 5.69 Å². The highest BCUT2D eigenvalue weighted by Gasteiger charge is 2.31. The molecule has 0 radical (unpaired) electrons. The molecule has 0 atom stereocenters. The van der Waals surface area contributed by atoms with E-state index in [4.69, 9.17) is 5.73 Å². The quantitative estimate of drug-likeness (QED) is 0.579. The molecule has 2 aliphatic rings. The molecule has 0 bridgehead atoms. The predicted octanol–water partition coefficient (Wildman–Crippen LogP) is 2.49. The SMILES string of the molecule is Cl.Cl.Nc1ncc(C(=O)N2CCC(N3CCC(n4c(=O)[nH]c5ccccc54)CC3)CC2)cn1. The van der Waals surface area contributed by atoms with E-state index in [1.165, 1.54) is 12.4 Å². The van der Waals surface area contributed by atoms with E-state index in [1.807, 2.05) is 33.7 Å². The van der Waals surface area contributed by atoms with Gasteiger partial charge in [-0.05, 0) is 37.8 Å². The van der Waals surface area contributed by atoms with Gasteiger partial charge in [-0.2, -0.15) is 0 Å². The number of benzene rings is 1. The van der Waals surface area contributed by atoms with Crippen molar-refractivity contribution in [2.45, 2.75) is 37.8 Å². The molecule has 2 aromatic heterocycles. The van der Waals surface area contributed by atoms with E-state index in [-0.39, 0.29) is 48.4 Å². The molecular weight excluding hydrogens is 465 g/mol. The minimum atomic E-state index is -0.0316. The molecule has 5 rings (SSSR count). The Morgan fingerprint density at radius 2 is 1.55 bits per heavy atom. The summed E-state index contributed by atoms with van der Waals surface area (Å²) in [4.78, 5) is 40.4. The van der Waals surface area contributed by atoms with E-state index in [2.05, 4.69) is 19.9 Å². The number of nitrogens with zero attached hydrogens (tertiary/aromatic N) is 5. The zero-order valence-corrected chi connectivity index (χ0v) is 19.9. The van der Waals surface area contributed by atoms with Crippen LogP contribution >= 0.6 is 24.8 Å². The van der Waals surface area contributed by atoms with Crippen LogP contribution in [0.2, 0.25) is 0 Å². The van der Waals surface area contributed by atoms with Crippen molar-refractivity contribution < 1.29 is 4.79 Å². The number of H-pyrrole nitrogens is 1. The van der Waals surface area contributed by atoms with Crippen molar-refractivity contribution in [3.8, 4) is 0 Å². The third-order valence-corrected chi connectivity index (χ3v) is 6.68. The van der Waals surface area contributed by atoms with Crippen molar-refractivity contribution in [2.24, 2.45) is 0 Å². The summed E-state index contributed by atoms with van der Waals surface area (Å²) in [6, 6.07) is 8.60. The lowest BCUT2D eigenvalue weighted by atomic mass is 9.97. The number of fused-ring (bicyclic) bond motifs is 1. The molecule has 1 amide bonds. The maximum Gasteiger partial charge on any atom is 0.326 e. The summed E-state index contributed by atoms with van der Waals surface area (Å²) in [5.74, 6) is 0.143. The molecule has 1 aromatic carbocycles. The minimum absolute atomic E-state index is 0. The van der Waals surface area contributed by atoms with Crippen LogP contribution in [0, 0.1) is 0 Å². The largest absolute Gasteiger partial charge is 0.368 e. The number of para-hydroxylation sites is 2. The lowest BCUT2D eigenvalue weighted by Gasteiger charge is -2.42. The first-order chi connectivity index (χ1) is 15.1. The molecule has 0 spiro atoms. The van der Waals surface area contributed by atoms with Gasteiger partial charge < -0.3 is 20.5 Å². The summed E-state index contributed by atoms with van der Waals surface area (Å²) in [5.41, 5.74) is 7.87. The number of hydrogen-bond acceptors (Lipinski definition) is 6. The van der Waals surface area contributed by atoms with Gasteiger partial charge in [0, 0.05) is 50.7 Å². The Labute approximate surface area is 204 Å². The smallest absolute Gasteiger partial charge is 0.326 e. The zero-order chi connectivity index (χ0) is 21.4. The van der Waals surface area contributed by atoms with Crippen LogP contribution in [-0.4, -0.2) is 67.4 Å². The van der Waals surface area contributed by atoms with Crippen LogP contribution in [0.4, 0.5) is 5.95 Å². The van der Waals surface area contributed by atoms with Crippen LogP contribution in [0.5, 0.6) is 0 Å². The zero-order valence-electron chi connectivity index (χ0n) is 18.2. The monoisotopic (exact) mass is 493 g/mol. The van der Waals surface area contributed by atoms with Gasteiger partial charge in [-0.25, -0.2) is 14.8 Å². The van der Waals surface area contributed by atoms with E-state index in [9.17, 15) is 9.59 Å². The molecule has 3 N–H and O–H groups in total. The highest BCUT2D eigenvalue weighted by molar-refractivity contribution is 5.93. The third kappa shape index (κ3) is 5.00. The number of aromatic nitrogens is 4. The van der Waals surface area contributed by atoms with Gasteiger partial charge in [0.05, 0.1) is 16.6 Å². The number of anilines is 1. The molecule has 0 aliphatic carbocycles. The van der Waals surface area contributed by atoms with Crippen molar-refractivity contribution in [2.75, 3.05) is 31.9 Å². The Kier molecular flexibility index (Phi) is 7.99. The topological polar surface area (TPSA) is 113 Å². The second-order valence-corrected chi connectivity index (χ2v) is 8.44. The van der Waals surface area contributed by atoms with E-state index < -0.39 is 0 Å². The van der Waals surface area contributed by atoms with Crippen molar-refractivity contribution in [3.05, 3.63) is 52.7 Å². The van der Waals surface area contributed by atoms with Gasteiger partial charge in [0.25, 0.3) is 5.91 Å². The van der Waals surface area contributed by atoms with Gasteiger partial charge in [0.2, 0.25) is 5.95 Å². The average Bonchev–Trinajstić information content (AvgIpc) is 3.15. The van der Waals surface area contributed by atoms with Crippen LogP contribution in [0.25, 0.3) is 11.0 Å². The fraction of sp³-hybridized carbons (Fsp3) is 0.455. The molecule has 2 saturated heterocycles. The number of nitrogen functional groups attached to an aromatic ring is 1. The number of likely N-dealkylation sites (tertiary alicyclic amines) is 2. The Balaban J connectivity index is 0.00000153. The number of nitrogens with two attached hydrogens (primary N) is 1. The number of halogens is 2. The van der Waals surface area contributed by atoms with E-state index in [0.29, 0.717) is 11.6 Å². The summed E-state index contributed by atoms with van der Waals surface area (Å²) < 4.78 is 1.93. The lowest BCUT2D eigenvalue weighted by Crippen LogP contribution is -2.49. The summed E-state index contributed by atoms with van der Waals surface area (Å²) in [5, 5.41) is 0. The number of nitrogens with one attached hydrogen (secondary N) is 1. The van der Waals surface area contributed by atoms with Gasteiger partial charge in [-0.1, -0.05) is 12.1 Å². The highest BCUT2D eigenvalue weighted by Crippen LogP contribution is 2.28. The molecule has 4 heterocycles. The lowest BCUT2D eigenvalue weighted by molar-refractivity contribution is 0.0557.